The number of rotatable bonds is 11. The third-order valence-electron chi connectivity index (χ3n) is 6.45. The molecule has 0 spiro atoms. The number of hydrazone groups is 1. The van der Waals surface area contributed by atoms with Crippen LogP contribution in [0.4, 0.5) is 11.4 Å². The zero-order valence-corrected chi connectivity index (χ0v) is 23.6. The van der Waals surface area contributed by atoms with E-state index in [0.29, 0.717) is 17.9 Å². The molecule has 10 nitrogen and oxygen atoms in total. The van der Waals surface area contributed by atoms with Gasteiger partial charge in [0, 0.05) is 12.1 Å². The van der Waals surface area contributed by atoms with Crippen molar-refractivity contribution in [1.82, 2.24) is 5.43 Å². The van der Waals surface area contributed by atoms with E-state index in [1.165, 1.54) is 36.5 Å². The number of ether oxygens (including phenoxy) is 1. The van der Waals surface area contributed by atoms with Crippen LogP contribution in [0.2, 0.25) is 0 Å². The normalized spacial score (nSPS) is 11.3. The molecule has 11 heteroatoms. The highest BCUT2D eigenvalue weighted by atomic mass is 32.2. The van der Waals surface area contributed by atoms with Crippen molar-refractivity contribution in [3.63, 3.8) is 0 Å². The fourth-order valence-corrected chi connectivity index (χ4v) is 5.72. The maximum absolute atomic E-state index is 13.4. The summed E-state index contributed by atoms with van der Waals surface area (Å²) in [6, 6.07) is 33.9. The van der Waals surface area contributed by atoms with Crippen LogP contribution in [0.25, 0.3) is 10.8 Å². The number of hydrogen-bond acceptors (Lipinski definition) is 7. The van der Waals surface area contributed by atoms with Crippen molar-refractivity contribution in [2.75, 3.05) is 10.8 Å². The lowest BCUT2D eigenvalue weighted by Crippen LogP contribution is -2.39. The molecular weight excluding hydrogens is 568 g/mol. The highest BCUT2D eigenvalue weighted by Crippen LogP contribution is 2.27. The third kappa shape index (κ3) is 7.21. The number of nitro benzene ring substituents is 1. The Balaban J connectivity index is 1.23. The van der Waals surface area contributed by atoms with E-state index >= 15 is 0 Å². The molecule has 1 amide bonds. The number of nitrogens with one attached hydrogen (secondary N) is 1. The minimum absolute atomic E-state index is 0.0311. The van der Waals surface area contributed by atoms with Gasteiger partial charge in [-0.15, -0.1) is 0 Å². The summed E-state index contributed by atoms with van der Waals surface area (Å²) in [6.07, 6.45) is 1.41. The lowest BCUT2D eigenvalue weighted by Gasteiger charge is -2.23. The number of anilines is 1. The summed E-state index contributed by atoms with van der Waals surface area (Å²) in [4.78, 5) is 23.4. The fourth-order valence-electron chi connectivity index (χ4n) is 4.29. The van der Waals surface area contributed by atoms with Gasteiger partial charge in [0.05, 0.1) is 21.7 Å². The Kier molecular flexibility index (Phi) is 8.73. The van der Waals surface area contributed by atoms with Gasteiger partial charge in [-0.3, -0.25) is 19.2 Å². The van der Waals surface area contributed by atoms with Crippen LogP contribution < -0.4 is 14.5 Å². The van der Waals surface area contributed by atoms with Crippen LogP contribution in [0.5, 0.6) is 5.75 Å². The number of non-ortho nitro benzene ring substituents is 1. The molecule has 0 unspecified atom stereocenters. The molecule has 0 radical (unpaired) electrons. The van der Waals surface area contributed by atoms with Crippen molar-refractivity contribution in [3.05, 3.63) is 143 Å². The molecule has 1 N–H and O–H groups in total. The molecule has 0 saturated carbocycles. The first-order valence-electron chi connectivity index (χ1n) is 13.1. The number of nitrogens with zero attached hydrogens (tertiary/aromatic N) is 3. The summed E-state index contributed by atoms with van der Waals surface area (Å²) in [5.74, 6) is -0.0781. The number of amides is 1. The summed E-state index contributed by atoms with van der Waals surface area (Å²) in [7, 11) is -4.23. The van der Waals surface area contributed by atoms with Crippen LogP contribution in [0.3, 0.4) is 0 Å². The highest BCUT2D eigenvalue weighted by molar-refractivity contribution is 7.92. The molecule has 0 aliphatic carbocycles. The van der Waals surface area contributed by atoms with Gasteiger partial charge >= 0.3 is 0 Å². The van der Waals surface area contributed by atoms with Crippen molar-refractivity contribution in [2.45, 2.75) is 11.5 Å². The molecule has 5 aromatic rings. The van der Waals surface area contributed by atoms with Gasteiger partial charge in [-0.05, 0) is 70.4 Å². The van der Waals surface area contributed by atoms with E-state index in [2.05, 4.69) is 34.8 Å². The Labute approximate surface area is 248 Å². The molecule has 0 aliphatic rings. The van der Waals surface area contributed by atoms with Gasteiger partial charge in [0.1, 0.15) is 18.9 Å². The smallest absolute Gasteiger partial charge is 0.271 e. The second-order valence-corrected chi connectivity index (χ2v) is 11.3. The summed E-state index contributed by atoms with van der Waals surface area (Å²) < 4.78 is 33.5. The number of carbonyl (C=O) groups is 1. The lowest BCUT2D eigenvalue weighted by atomic mass is 10.1. The van der Waals surface area contributed by atoms with E-state index in [0.717, 1.165) is 26.7 Å². The van der Waals surface area contributed by atoms with Gasteiger partial charge in [0.2, 0.25) is 0 Å². The number of nitro groups is 1. The first-order chi connectivity index (χ1) is 20.8. The van der Waals surface area contributed by atoms with E-state index in [1.807, 2.05) is 18.2 Å². The summed E-state index contributed by atoms with van der Waals surface area (Å²) in [5, 5.41) is 17.5. The molecule has 5 aromatic carbocycles. The van der Waals surface area contributed by atoms with Crippen molar-refractivity contribution < 1.29 is 22.9 Å². The molecule has 0 fully saturated rings. The average molecular weight is 595 g/mol. The number of carbonyl (C=O) groups excluding carboxylic acids is 1. The van der Waals surface area contributed by atoms with Gasteiger partial charge in [-0.2, -0.15) is 5.10 Å². The van der Waals surface area contributed by atoms with Gasteiger partial charge in [-0.1, -0.05) is 60.7 Å². The standard InChI is InChI=1S/C32H26N4O6S/c37-32(22-35(28-9-6-10-29(20-28)36(38)39)43(40,41)31-11-2-1-3-12-31)34-33-21-24-14-17-30(18-15-24)42-23-25-13-16-26-7-4-5-8-27(26)19-25/h1-21H,22-23H2,(H,34,37)/b33-21-. The number of hydrogen-bond donors (Lipinski definition) is 1. The second-order valence-electron chi connectivity index (χ2n) is 9.43. The summed E-state index contributed by atoms with van der Waals surface area (Å²) >= 11 is 0. The molecule has 0 saturated heterocycles. The number of sulfonamides is 1. The van der Waals surface area contributed by atoms with Crippen molar-refractivity contribution in [3.8, 4) is 5.75 Å². The molecule has 0 aliphatic heterocycles. The van der Waals surface area contributed by atoms with E-state index in [1.54, 1.807) is 42.5 Å². The highest BCUT2D eigenvalue weighted by Gasteiger charge is 2.28. The zero-order chi connectivity index (χ0) is 30.2. The maximum atomic E-state index is 13.4. The fraction of sp³-hybridized carbons (Fsp3) is 0.0625. The van der Waals surface area contributed by atoms with Crippen molar-refractivity contribution >= 4 is 44.3 Å². The molecule has 43 heavy (non-hydrogen) atoms. The van der Waals surface area contributed by atoms with Crippen molar-refractivity contribution in [1.29, 1.82) is 0 Å². The second kappa shape index (κ2) is 13.0. The topological polar surface area (TPSA) is 131 Å². The Hall–Kier alpha value is -5.55. The molecule has 0 bridgehead atoms. The van der Waals surface area contributed by atoms with Gasteiger partial charge < -0.3 is 4.74 Å². The number of benzene rings is 5. The van der Waals surface area contributed by atoms with Crippen molar-refractivity contribution in [2.24, 2.45) is 5.10 Å². The minimum Gasteiger partial charge on any atom is -0.489 e. The summed E-state index contributed by atoms with van der Waals surface area (Å²) in [5.41, 5.74) is 3.70. The zero-order valence-electron chi connectivity index (χ0n) is 22.7. The summed E-state index contributed by atoms with van der Waals surface area (Å²) in [6.45, 7) is -0.251. The Bertz CT molecular complexity index is 1900. The Morgan fingerprint density at radius 3 is 2.33 bits per heavy atom. The van der Waals surface area contributed by atoms with E-state index in [-0.39, 0.29) is 16.3 Å². The molecular formula is C32H26N4O6S. The largest absolute Gasteiger partial charge is 0.489 e. The maximum Gasteiger partial charge on any atom is 0.271 e. The SMILES string of the molecule is O=C(CN(c1cccc([N+](=O)[O-])c1)S(=O)(=O)c1ccccc1)N/N=C\c1ccc(OCc2ccc3ccccc3c2)cc1. The third-order valence-corrected chi connectivity index (χ3v) is 8.24. The van der Waals surface area contributed by atoms with Crippen LogP contribution in [0.1, 0.15) is 11.1 Å². The van der Waals surface area contributed by atoms with E-state index in [4.69, 9.17) is 4.74 Å². The first kappa shape index (κ1) is 29.0. The molecule has 216 valence electrons. The van der Waals surface area contributed by atoms with E-state index in [9.17, 15) is 23.3 Å². The van der Waals surface area contributed by atoms with Crippen LogP contribution in [-0.2, 0) is 21.4 Å². The van der Waals surface area contributed by atoms with Crippen LogP contribution in [0.15, 0.2) is 131 Å². The minimum atomic E-state index is -4.23. The Morgan fingerprint density at radius 1 is 0.860 bits per heavy atom. The molecule has 0 heterocycles. The quantitative estimate of drug-likeness (QED) is 0.119. The van der Waals surface area contributed by atoms with Crippen LogP contribution >= 0.6 is 0 Å². The molecule has 0 aromatic heterocycles. The van der Waals surface area contributed by atoms with Crippen LogP contribution in [-0.4, -0.2) is 32.0 Å². The number of fused-ring (bicyclic) bond motifs is 1. The molecule has 0 atom stereocenters. The average Bonchev–Trinajstić information content (AvgIpc) is 3.03. The molecule has 5 rings (SSSR count). The van der Waals surface area contributed by atoms with Crippen LogP contribution in [0, 0.1) is 10.1 Å². The van der Waals surface area contributed by atoms with Gasteiger partial charge in [0.25, 0.3) is 21.6 Å². The monoisotopic (exact) mass is 594 g/mol. The predicted octanol–water partition coefficient (Wildman–Crippen LogP) is 5.67. The lowest BCUT2D eigenvalue weighted by molar-refractivity contribution is -0.384. The van der Waals surface area contributed by atoms with Gasteiger partial charge in [-0.25, -0.2) is 13.8 Å². The predicted molar refractivity (Wildman–Crippen MR) is 165 cm³/mol. The first-order valence-corrected chi connectivity index (χ1v) is 14.6. The van der Waals surface area contributed by atoms with E-state index < -0.39 is 27.4 Å². The van der Waals surface area contributed by atoms with Gasteiger partial charge in [0.15, 0.2) is 0 Å². The Morgan fingerprint density at radius 2 is 1.58 bits per heavy atom.